The summed E-state index contributed by atoms with van der Waals surface area (Å²) in [5, 5.41) is 2.57. The maximum absolute atomic E-state index is 13.6. The number of hydrogen-bond donors (Lipinski definition) is 0. The van der Waals surface area contributed by atoms with E-state index in [9.17, 15) is 14.4 Å². The van der Waals surface area contributed by atoms with E-state index in [1.54, 1.807) is 39.0 Å². The van der Waals surface area contributed by atoms with Crippen LogP contribution < -0.4 is 9.47 Å². The third kappa shape index (κ3) is 6.72. The third-order valence-corrected chi connectivity index (χ3v) is 7.96. The molecule has 3 heterocycles. The maximum Gasteiger partial charge on any atom is 0.338 e. The summed E-state index contributed by atoms with van der Waals surface area (Å²) in [5.41, 5.74) is 1.69. The van der Waals surface area contributed by atoms with Crippen molar-refractivity contribution in [2.75, 3.05) is 33.9 Å². The highest BCUT2D eigenvalue weighted by molar-refractivity contribution is 8.16. The van der Waals surface area contributed by atoms with Crippen LogP contribution in [0.2, 0.25) is 0 Å². The number of benzene rings is 1. The van der Waals surface area contributed by atoms with Gasteiger partial charge in [-0.25, -0.2) is 9.79 Å². The van der Waals surface area contributed by atoms with Gasteiger partial charge in [-0.1, -0.05) is 17.8 Å². The van der Waals surface area contributed by atoms with Crippen molar-refractivity contribution in [2.45, 2.75) is 65.5 Å². The lowest BCUT2D eigenvalue weighted by molar-refractivity contribution is -0.152. The van der Waals surface area contributed by atoms with Crippen molar-refractivity contribution in [1.82, 2.24) is 9.80 Å². The molecular weight excluding hydrogens is 546 g/mol. The number of fused-ring (bicyclic) bond motifs is 1. The van der Waals surface area contributed by atoms with Gasteiger partial charge in [-0.2, -0.15) is 0 Å². The zero-order valence-corrected chi connectivity index (χ0v) is 25.6. The summed E-state index contributed by atoms with van der Waals surface area (Å²) in [5.74, 6) is -0.0833. The Morgan fingerprint density at radius 3 is 2.51 bits per heavy atom. The number of esters is 2. The second-order valence-corrected chi connectivity index (χ2v) is 12.0. The first-order valence-corrected chi connectivity index (χ1v) is 14.7. The van der Waals surface area contributed by atoms with Crippen molar-refractivity contribution in [1.29, 1.82) is 0 Å². The number of amidine groups is 1. The smallest absolute Gasteiger partial charge is 0.338 e. The fraction of sp³-hybridized carbons (Fsp3) is 0.533. The molecule has 1 aromatic carbocycles. The summed E-state index contributed by atoms with van der Waals surface area (Å²) >= 11 is 1.41. The molecule has 3 aliphatic rings. The molecule has 1 fully saturated rings. The van der Waals surface area contributed by atoms with Crippen LogP contribution in [-0.2, 0) is 23.9 Å². The molecule has 0 spiro atoms. The van der Waals surface area contributed by atoms with E-state index in [4.69, 9.17) is 23.9 Å². The van der Waals surface area contributed by atoms with Crippen molar-refractivity contribution >= 4 is 34.8 Å². The highest BCUT2D eigenvalue weighted by atomic mass is 32.2. The van der Waals surface area contributed by atoms with Crippen LogP contribution in [0.5, 0.6) is 11.5 Å². The zero-order valence-electron chi connectivity index (χ0n) is 24.8. The lowest BCUT2D eigenvalue weighted by Gasteiger charge is -2.38. The molecular formula is C30H39N3O7S. The minimum absolute atomic E-state index is 0.0893. The quantitative estimate of drug-likeness (QED) is 0.397. The third-order valence-electron chi connectivity index (χ3n) is 7.07. The molecule has 0 aliphatic carbocycles. The fourth-order valence-electron chi connectivity index (χ4n) is 5.23. The van der Waals surface area contributed by atoms with Crippen molar-refractivity contribution in [2.24, 2.45) is 10.9 Å². The van der Waals surface area contributed by atoms with E-state index in [1.165, 1.54) is 11.8 Å². The number of thioether (sulfide) groups is 1. The summed E-state index contributed by atoms with van der Waals surface area (Å²) in [7, 11) is 3.12. The van der Waals surface area contributed by atoms with E-state index in [0.717, 1.165) is 12.0 Å². The van der Waals surface area contributed by atoms with E-state index in [-0.39, 0.29) is 24.2 Å². The van der Waals surface area contributed by atoms with Gasteiger partial charge >= 0.3 is 11.9 Å². The number of carbonyl (C=O) groups excluding carboxylic acids is 3. The SMILES string of the molecule is CCOC(=O)[C@H]1CCCN(C(=O)CC2=CSC3=NC(C)=C(C(=O)OC(C)(C)C)[C@H](c4ccc(OC)c(OC)c4)N23)C1. The van der Waals surface area contributed by atoms with Crippen LogP contribution in [-0.4, -0.2) is 72.3 Å². The van der Waals surface area contributed by atoms with E-state index >= 15 is 0 Å². The van der Waals surface area contributed by atoms with Gasteiger partial charge in [0.15, 0.2) is 16.7 Å². The average Bonchev–Trinajstić information content (AvgIpc) is 3.32. The van der Waals surface area contributed by atoms with Gasteiger partial charge in [0.05, 0.1) is 50.5 Å². The van der Waals surface area contributed by atoms with Crippen LogP contribution in [0.15, 0.2) is 45.6 Å². The van der Waals surface area contributed by atoms with Crippen LogP contribution >= 0.6 is 11.8 Å². The minimum atomic E-state index is -0.714. The molecule has 0 radical (unpaired) electrons. The largest absolute Gasteiger partial charge is 0.493 e. The van der Waals surface area contributed by atoms with Gasteiger partial charge in [0.2, 0.25) is 5.91 Å². The molecule has 1 saturated heterocycles. The monoisotopic (exact) mass is 585 g/mol. The highest BCUT2D eigenvalue weighted by Crippen LogP contribution is 2.46. The van der Waals surface area contributed by atoms with Gasteiger partial charge in [0.1, 0.15) is 5.60 Å². The van der Waals surface area contributed by atoms with Gasteiger partial charge < -0.3 is 28.7 Å². The molecule has 0 aromatic heterocycles. The van der Waals surface area contributed by atoms with Gasteiger partial charge in [-0.05, 0) is 70.6 Å². The Morgan fingerprint density at radius 1 is 1.12 bits per heavy atom. The number of methoxy groups -OCH3 is 2. The first-order valence-electron chi connectivity index (χ1n) is 13.8. The maximum atomic E-state index is 13.6. The van der Waals surface area contributed by atoms with Gasteiger partial charge in [0, 0.05) is 18.8 Å². The molecule has 2 atom stereocenters. The number of hydrogen-bond acceptors (Lipinski definition) is 10. The fourth-order valence-corrected chi connectivity index (χ4v) is 6.19. The number of likely N-dealkylation sites (tertiary alicyclic amines) is 1. The molecule has 0 unspecified atom stereocenters. The number of piperidine rings is 1. The summed E-state index contributed by atoms with van der Waals surface area (Å²) in [6, 6.07) is 4.90. The van der Waals surface area contributed by atoms with Crippen LogP contribution in [0.4, 0.5) is 0 Å². The molecule has 11 heteroatoms. The van der Waals surface area contributed by atoms with Gasteiger partial charge in [-0.15, -0.1) is 0 Å². The number of allylic oxidation sites excluding steroid dienone is 1. The Bertz CT molecular complexity index is 1300. The molecule has 0 bridgehead atoms. The molecule has 222 valence electrons. The number of carbonyl (C=O) groups is 3. The number of rotatable bonds is 8. The van der Waals surface area contributed by atoms with E-state index in [2.05, 4.69) is 0 Å². The summed E-state index contributed by atoms with van der Waals surface area (Å²) in [6.07, 6.45) is 1.53. The van der Waals surface area contributed by atoms with Crippen molar-refractivity contribution in [3.05, 3.63) is 46.1 Å². The summed E-state index contributed by atoms with van der Waals surface area (Å²) < 4.78 is 22.0. The van der Waals surface area contributed by atoms with Crippen LogP contribution in [0.3, 0.4) is 0 Å². The van der Waals surface area contributed by atoms with E-state index in [1.807, 2.05) is 43.2 Å². The van der Waals surface area contributed by atoms with Crippen molar-refractivity contribution < 1.29 is 33.3 Å². The zero-order chi connectivity index (χ0) is 29.9. The molecule has 1 aromatic rings. The second kappa shape index (κ2) is 12.6. The second-order valence-electron chi connectivity index (χ2n) is 11.1. The molecule has 3 aliphatic heterocycles. The normalized spacial score (nSPS) is 20.7. The molecule has 0 N–H and O–H groups in total. The standard InChI is InChI=1S/C30H39N3O7S/c1-8-39-27(35)20-10-9-13-32(16-20)24(34)15-21-17-41-29-31-18(2)25(28(36)40-30(3,4)5)26(33(21)29)19-11-12-22(37-6)23(14-19)38-7/h11-12,14,17,20,26H,8-10,13,15-16H2,1-7H3/t20-,26-/m0/s1. The summed E-state index contributed by atoms with van der Waals surface area (Å²) in [4.78, 5) is 48.0. The van der Waals surface area contributed by atoms with Gasteiger partial charge in [0.25, 0.3) is 0 Å². The molecule has 1 amide bonds. The van der Waals surface area contributed by atoms with Crippen LogP contribution in [0.1, 0.15) is 65.5 Å². The Hall–Kier alpha value is -3.47. The van der Waals surface area contributed by atoms with E-state index < -0.39 is 17.6 Å². The Kier molecular flexibility index (Phi) is 9.36. The van der Waals surface area contributed by atoms with Crippen molar-refractivity contribution in [3.8, 4) is 11.5 Å². The average molecular weight is 586 g/mol. The molecule has 10 nitrogen and oxygen atoms in total. The lowest BCUT2D eigenvalue weighted by atomic mass is 9.93. The first-order chi connectivity index (χ1) is 19.5. The lowest BCUT2D eigenvalue weighted by Crippen LogP contribution is -2.44. The van der Waals surface area contributed by atoms with Crippen LogP contribution in [0, 0.1) is 5.92 Å². The topological polar surface area (TPSA) is 107 Å². The summed E-state index contributed by atoms with van der Waals surface area (Å²) in [6.45, 7) is 10.3. The Labute approximate surface area is 245 Å². The highest BCUT2D eigenvalue weighted by Gasteiger charge is 2.43. The predicted molar refractivity (Wildman–Crippen MR) is 156 cm³/mol. The van der Waals surface area contributed by atoms with Crippen molar-refractivity contribution in [3.63, 3.8) is 0 Å². The number of amides is 1. The predicted octanol–water partition coefficient (Wildman–Crippen LogP) is 4.81. The number of aliphatic imine (C=N–C) groups is 1. The van der Waals surface area contributed by atoms with E-state index in [0.29, 0.717) is 59.8 Å². The molecule has 0 saturated carbocycles. The molecule has 41 heavy (non-hydrogen) atoms. The Morgan fingerprint density at radius 2 is 1.85 bits per heavy atom. The molecule has 4 rings (SSSR count). The Balaban J connectivity index is 1.67. The van der Waals surface area contributed by atoms with Gasteiger partial charge in [-0.3, -0.25) is 9.59 Å². The van der Waals surface area contributed by atoms with Crippen LogP contribution in [0.25, 0.3) is 0 Å². The first kappa shape index (κ1) is 30.5. The number of nitrogens with zero attached hydrogens (tertiary/aromatic N) is 3. The number of ether oxygens (including phenoxy) is 4. The minimum Gasteiger partial charge on any atom is -0.493 e.